The van der Waals surface area contributed by atoms with E-state index in [9.17, 15) is 13.2 Å². The van der Waals surface area contributed by atoms with Crippen LogP contribution in [0.2, 0.25) is 0 Å². The van der Waals surface area contributed by atoms with Crippen molar-refractivity contribution in [2.24, 2.45) is 4.99 Å². The van der Waals surface area contributed by atoms with Gasteiger partial charge in [0.05, 0.1) is 5.69 Å². The van der Waals surface area contributed by atoms with Crippen molar-refractivity contribution < 1.29 is 22.4 Å². The first-order valence-corrected chi connectivity index (χ1v) is 9.64. The van der Waals surface area contributed by atoms with E-state index < -0.39 is 6.36 Å². The zero-order valence-electron chi connectivity index (χ0n) is 17.0. The number of hydrogen-bond acceptors (Lipinski definition) is 4. The summed E-state index contributed by atoms with van der Waals surface area (Å²) in [5.41, 5.74) is 2.47. The Balaban J connectivity index is 0.00000320. The van der Waals surface area contributed by atoms with Crippen LogP contribution in [0.1, 0.15) is 48.8 Å². The maximum absolute atomic E-state index is 12.6. The maximum atomic E-state index is 12.6. The van der Waals surface area contributed by atoms with Crippen LogP contribution in [0.25, 0.3) is 0 Å². The molecule has 0 saturated heterocycles. The number of benzene rings is 1. The normalized spacial score (nSPS) is 18.5. The zero-order valence-corrected chi connectivity index (χ0v) is 19.4. The highest BCUT2D eigenvalue weighted by molar-refractivity contribution is 14.0. The Hall–Kier alpha value is -1.98. The number of aromatic nitrogens is 1. The van der Waals surface area contributed by atoms with Gasteiger partial charge in [-0.15, -0.1) is 37.1 Å². The molecule has 1 aromatic heterocycles. The summed E-state index contributed by atoms with van der Waals surface area (Å²) in [6.45, 7) is 4.54. The minimum atomic E-state index is -4.71. The number of aryl methyl sites for hydroxylation is 2. The summed E-state index contributed by atoms with van der Waals surface area (Å²) >= 11 is 0. The van der Waals surface area contributed by atoms with Gasteiger partial charge in [0.15, 0.2) is 5.96 Å². The molecule has 2 atom stereocenters. The van der Waals surface area contributed by atoms with Gasteiger partial charge in [0.2, 0.25) is 0 Å². The van der Waals surface area contributed by atoms with Crippen molar-refractivity contribution >= 4 is 29.9 Å². The first-order valence-electron chi connectivity index (χ1n) is 9.64. The molecular formula is C20H26F3IN4O2. The number of guanidine groups is 1. The number of para-hydroxylation sites is 1. The molecule has 10 heteroatoms. The Labute approximate surface area is 190 Å². The summed E-state index contributed by atoms with van der Waals surface area (Å²) in [6, 6.07) is 6.24. The number of alkyl halides is 3. The van der Waals surface area contributed by atoms with Crippen molar-refractivity contribution in [2.75, 3.05) is 7.05 Å². The van der Waals surface area contributed by atoms with E-state index in [-0.39, 0.29) is 41.7 Å². The van der Waals surface area contributed by atoms with Crippen LogP contribution in [0, 0.1) is 0 Å². The molecule has 1 fully saturated rings. The van der Waals surface area contributed by atoms with E-state index in [0.29, 0.717) is 24.5 Å². The monoisotopic (exact) mass is 538 g/mol. The van der Waals surface area contributed by atoms with Crippen LogP contribution in [-0.2, 0) is 19.4 Å². The summed E-state index contributed by atoms with van der Waals surface area (Å²) in [5, 5.41) is 10.6. The van der Waals surface area contributed by atoms with Gasteiger partial charge in [-0.2, -0.15) is 0 Å². The van der Waals surface area contributed by atoms with Gasteiger partial charge < -0.3 is 19.9 Å². The molecule has 0 spiro atoms. The van der Waals surface area contributed by atoms with Gasteiger partial charge in [-0.3, -0.25) is 4.99 Å². The summed E-state index contributed by atoms with van der Waals surface area (Å²) in [4.78, 5) is 4.22. The van der Waals surface area contributed by atoms with Crippen molar-refractivity contribution in [1.82, 2.24) is 15.8 Å². The van der Waals surface area contributed by atoms with Gasteiger partial charge in [-0.25, -0.2) is 0 Å². The number of halogens is 4. The lowest BCUT2D eigenvalue weighted by atomic mass is 10.1. The van der Waals surface area contributed by atoms with Crippen molar-refractivity contribution in [3.05, 3.63) is 46.8 Å². The fraction of sp³-hybridized carbons (Fsp3) is 0.500. The van der Waals surface area contributed by atoms with Crippen LogP contribution in [-0.4, -0.2) is 30.6 Å². The molecule has 2 N–H and O–H groups in total. The van der Waals surface area contributed by atoms with Crippen molar-refractivity contribution in [1.29, 1.82) is 0 Å². The molecule has 166 valence electrons. The van der Waals surface area contributed by atoms with Crippen LogP contribution in [0.4, 0.5) is 13.2 Å². The van der Waals surface area contributed by atoms with Crippen LogP contribution in [0.15, 0.2) is 33.8 Å². The molecule has 0 bridgehead atoms. The van der Waals surface area contributed by atoms with Crippen LogP contribution in [0.3, 0.4) is 0 Å². The highest BCUT2D eigenvalue weighted by atomic mass is 127. The molecule has 6 nitrogen and oxygen atoms in total. The Bertz CT molecular complexity index is 848. The Morgan fingerprint density at radius 2 is 2.00 bits per heavy atom. The summed E-state index contributed by atoms with van der Waals surface area (Å²) in [6.07, 6.45) is -2.49. The van der Waals surface area contributed by atoms with E-state index in [2.05, 4.69) is 25.5 Å². The lowest BCUT2D eigenvalue weighted by Gasteiger charge is -2.14. The number of rotatable bonds is 7. The lowest BCUT2D eigenvalue weighted by Crippen LogP contribution is -2.38. The molecule has 1 aliphatic rings. The molecule has 1 heterocycles. The average molecular weight is 538 g/mol. The highest BCUT2D eigenvalue weighted by Gasteiger charge is 2.42. The minimum Gasteiger partial charge on any atom is -0.405 e. The molecule has 1 aliphatic carbocycles. The molecule has 0 amide bonds. The van der Waals surface area contributed by atoms with Crippen molar-refractivity contribution in [2.45, 2.75) is 58.0 Å². The average Bonchev–Trinajstić information content (AvgIpc) is 3.32. The highest BCUT2D eigenvalue weighted by Crippen LogP contribution is 2.45. The van der Waals surface area contributed by atoms with Crippen LogP contribution in [0.5, 0.6) is 5.75 Å². The fourth-order valence-electron chi connectivity index (χ4n) is 3.38. The van der Waals surface area contributed by atoms with Gasteiger partial charge in [0.25, 0.3) is 0 Å². The SMILES string of the molecule is CCc1noc(CC)c1CNC(=NC)NC1CC1c1ccccc1OC(F)(F)F.I. The van der Waals surface area contributed by atoms with E-state index in [1.165, 1.54) is 12.1 Å². The Kier molecular flexibility index (Phi) is 8.39. The molecule has 0 aliphatic heterocycles. The quantitative estimate of drug-likeness (QED) is 0.308. The van der Waals surface area contributed by atoms with Crippen molar-refractivity contribution in [3.8, 4) is 5.75 Å². The number of nitrogens with one attached hydrogen (secondary N) is 2. The van der Waals surface area contributed by atoms with Crippen LogP contribution >= 0.6 is 24.0 Å². The lowest BCUT2D eigenvalue weighted by molar-refractivity contribution is -0.274. The zero-order chi connectivity index (χ0) is 21.0. The van der Waals surface area contributed by atoms with E-state index in [0.717, 1.165) is 29.9 Å². The van der Waals surface area contributed by atoms with E-state index in [1.807, 2.05) is 13.8 Å². The first-order chi connectivity index (χ1) is 13.9. The third kappa shape index (κ3) is 6.02. The maximum Gasteiger partial charge on any atom is 0.573 e. The Morgan fingerprint density at radius 1 is 1.27 bits per heavy atom. The second-order valence-corrected chi connectivity index (χ2v) is 6.84. The molecular weight excluding hydrogens is 512 g/mol. The molecule has 1 aromatic carbocycles. The standard InChI is InChI=1S/C20H25F3N4O2.HI/c1-4-15-14(17(5-2)29-27-15)11-25-19(24-3)26-16-10-13(16)12-8-6-7-9-18(12)28-20(21,22)23;/h6-9,13,16H,4-5,10-11H2,1-3H3,(H2,24,25,26);1H. The van der Waals surface area contributed by atoms with Crippen LogP contribution < -0.4 is 15.4 Å². The second kappa shape index (κ2) is 10.4. The predicted molar refractivity (Wildman–Crippen MR) is 118 cm³/mol. The van der Waals surface area contributed by atoms with Gasteiger partial charge >= 0.3 is 6.36 Å². The molecule has 0 radical (unpaired) electrons. The first kappa shape index (κ1) is 24.3. The molecule has 2 aromatic rings. The molecule has 3 rings (SSSR count). The summed E-state index contributed by atoms with van der Waals surface area (Å²) in [5.74, 6) is 1.20. The van der Waals surface area contributed by atoms with Crippen molar-refractivity contribution in [3.63, 3.8) is 0 Å². The minimum absolute atomic E-state index is 0. The third-order valence-corrected chi connectivity index (χ3v) is 4.92. The summed E-state index contributed by atoms with van der Waals surface area (Å²) in [7, 11) is 1.66. The van der Waals surface area contributed by atoms with Gasteiger partial charge in [0, 0.05) is 37.5 Å². The van der Waals surface area contributed by atoms with Gasteiger partial charge in [-0.05, 0) is 24.5 Å². The van der Waals surface area contributed by atoms with Gasteiger partial charge in [0.1, 0.15) is 11.5 Å². The number of nitrogens with zero attached hydrogens (tertiary/aromatic N) is 2. The summed E-state index contributed by atoms with van der Waals surface area (Å²) < 4.78 is 47.5. The molecule has 30 heavy (non-hydrogen) atoms. The number of aliphatic imine (C=N–C) groups is 1. The van der Waals surface area contributed by atoms with E-state index >= 15 is 0 Å². The third-order valence-electron chi connectivity index (χ3n) is 4.92. The largest absolute Gasteiger partial charge is 0.573 e. The van der Waals surface area contributed by atoms with E-state index in [4.69, 9.17) is 4.52 Å². The topological polar surface area (TPSA) is 71.7 Å². The predicted octanol–water partition coefficient (Wildman–Crippen LogP) is 4.54. The fourth-order valence-corrected chi connectivity index (χ4v) is 3.38. The van der Waals surface area contributed by atoms with Gasteiger partial charge in [-0.1, -0.05) is 37.2 Å². The number of hydrogen-bond donors (Lipinski definition) is 2. The molecule has 1 saturated carbocycles. The smallest absolute Gasteiger partial charge is 0.405 e. The Morgan fingerprint density at radius 3 is 2.63 bits per heavy atom. The van der Waals surface area contributed by atoms with E-state index in [1.54, 1.807) is 19.2 Å². The number of ether oxygens (including phenoxy) is 1. The molecule has 2 unspecified atom stereocenters. The second-order valence-electron chi connectivity index (χ2n) is 6.84.